The summed E-state index contributed by atoms with van der Waals surface area (Å²) in [6.07, 6.45) is 0. The van der Waals surface area contributed by atoms with Crippen LogP contribution in [0.1, 0.15) is 10.4 Å². The quantitative estimate of drug-likeness (QED) is 0.582. The number of benzene rings is 1. The lowest BCUT2D eigenvalue weighted by atomic mass is 10.2. The normalized spacial score (nSPS) is 10.4. The summed E-state index contributed by atoms with van der Waals surface area (Å²) in [5, 5.41) is 8.55. The Morgan fingerprint density at radius 2 is 1.71 bits per heavy atom. The second kappa shape index (κ2) is 4.50. The van der Waals surface area contributed by atoms with E-state index in [2.05, 4.69) is 0 Å². The third-order valence-electron chi connectivity index (χ3n) is 1.40. The lowest BCUT2D eigenvalue weighted by Gasteiger charge is -2.00. The van der Waals surface area contributed by atoms with E-state index in [9.17, 15) is 13.2 Å². The van der Waals surface area contributed by atoms with Crippen LogP contribution >= 0.6 is 9.90 Å². The predicted molar refractivity (Wildman–Crippen MR) is 54.3 cm³/mol. The number of rotatable bonds is 2. The highest BCUT2D eigenvalue weighted by Gasteiger charge is 2.18. The van der Waals surface area contributed by atoms with Gasteiger partial charge in [-0.25, -0.2) is 4.79 Å². The fourth-order valence-corrected chi connectivity index (χ4v) is 1.55. The van der Waals surface area contributed by atoms with Gasteiger partial charge in [-0.05, 0) is 12.1 Å². The van der Waals surface area contributed by atoms with Crippen molar-refractivity contribution >= 4 is 26.0 Å². The summed E-state index contributed by atoms with van der Waals surface area (Å²) in [6, 6.07) is 4.83. The van der Waals surface area contributed by atoms with Crippen LogP contribution in [0.4, 0.5) is 0 Å². The zero-order chi connectivity index (χ0) is 10.1. The summed E-state index contributed by atoms with van der Waals surface area (Å²) < 4.78 is 29.9. The SMILES string of the molecule is O=C(O)c1ccccc1S(=O)(=O)O.P. The van der Waals surface area contributed by atoms with Gasteiger partial charge in [-0.15, -0.1) is 0 Å². The van der Waals surface area contributed by atoms with Gasteiger partial charge in [0.1, 0.15) is 4.90 Å². The molecule has 2 N–H and O–H groups in total. The molecule has 78 valence electrons. The molecule has 1 rings (SSSR count). The monoisotopic (exact) mass is 236 g/mol. The van der Waals surface area contributed by atoms with E-state index in [1.54, 1.807) is 0 Å². The van der Waals surface area contributed by atoms with Gasteiger partial charge in [0.05, 0.1) is 5.56 Å². The van der Waals surface area contributed by atoms with Crippen molar-refractivity contribution in [2.24, 2.45) is 0 Å². The minimum absolute atomic E-state index is 0. The van der Waals surface area contributed by atoms with E-state index in [1.165, 1.54) is 12.1 Å². The zero-order valence-electron chi connectivity index (χ0n) is 7.04. The maximum atomic E-state index is 10.7. The molecule has 0 bridgehead atoms. The molecule has 0 radical (unpaired) electrons. The van der Waals surface area contributed by atoms with Crippen LogP contribution in [-0.2, 0) is 10.1 Å². The molecule has 7 heteroatoms. The van der Waals surface area contributed by atoms with E-state index in [0.717, 1.165) is 12.1 Å². The number of hydrogen-bond donors (Lipinski definition) is 2. The maximum absolute atomic E-state index is 10.7. The molecule has 0 aromatic heterocycles. The van der Waals surface area contributed by atoms with Crippen LogP contribution < -0.4 is 0 Å². The average Bonchev–Trinajstić information content (AvgIpc) is 2.03. The van der Waals surface area contributed by atoms with Crippen LogP contribution in [0.25, 0.3) is 0 Å². The smallest absolute Gasteiger partial charge is 0.337 e. The highest BCUT2D eigenvalue weighted by Crippen LogP contribution is 2.14. The lowest BCUT2D eigenvalue weighted by molar-refractivity contribution is 0.0692. The van der Waals surface area contributed by atoms with Gasteiger partial charge in [-0.3, -0.25) is 4.55 Å². The van der Waals surface area contributed by atoms with Gasteiger partial charge >= 0.3 is 5.97 Å². The van der Waals surface area contributed by atoms with E-state index in [4.69, 9.17) is 9.66 Å². The third-order valence-corrected chi connectivity index (χ3v) is 2.31. The van der Waals surface area contributed by atoms with E-state index >= 15 is 0 Å². The summed E-state index contributed by atoms with van der Waals surface area (Å²) in [6.45, 7) is 0. The standard InChI is InChI=1S/C7H6O5S.H3P/c8-7(9)5-3-1-2-4-6(5)13(10,11)12;/h1-4H,(H,8,9)(H,10,11,12);1H3. The van der Waals surface area contributed by atoms with Gasteiger partial charge in [0, 0.05) is 0 Å². The summed E-state index contributed by atoms with van der Waals surface area (Å²) in [5.41, 5.74) is -0.440. The number of carboxylic acids is 1. The van der Waals surface area contributed by atoms with Crippen LogP contribution in [0, 0.1) is 0 Å². The molecule has 0 spiro atoms. The first-order chi connectivity index (χ1) is 5.93. The highest BCUT2D eigenvalue weighted by atomic mass is 32.2. The van der Waals surface area contributed by atoms with Crippen molar-refractivity contribution in [3.8, 4) is 0 Å². The van der Waals surface area contributed by atoms with Crippen molar-refractivity contribution in [2.75, 3.05) is 0 Å². The Labute approximate surface area is 84.1 Å². The number of carbonyl (C=O) groups is 1. The Balaban J connectivity index is 0.00000169. The molecule has 0 amide bonds. The molecule has 1 aromatic rings. The van der Waals surface area contributed by atoms with E-state index < -0.39 is 26.5 Å². The third kappa shape index (κ3) is 2.77. The van der Waals surface area contributed by atoms with Crippen molar-refractivity contribution in [2.45, 2.75) is 4.90 Å². The second-order valence-electron chi connectivity index (χ2n) is 2.28. The summed E-state index contributed by atoms with van der Waals surface area (Å²) in [5.74, 6) is -1.40. The first kappa shape index (κ1) is 13.0. The molecule has 5 nitrogen and oxygen atoms in total. The van der Waals surface area contributed by atoms with Gasteiger partial charge in [0.25, 0.3) is 10.1 Å². The maximum Gasteiger partial charge on any atom is 0.337 e. The number of aromatic carboxylic acids is 1. The van der Waals surface area contributed by atoms with Crippen molar-refractivity contribution < 1.29 is 22.9 Å². The molecule has 0 heterocycles. The topological polar surface area (TPSA) is 91.7 Å². The second-order valence-corrected chi connectivity index (χ2v) is 3.67. The fraction of sp³-hybridized carbons (Fsp3) is 0. The molecule has 14 heavy (non-hydrogen) atoms. The number of carboxylic acid groups (broad SMARTS) is 1. The summed E-state index contributed by atoms with van der Waals surface area (Å²) in [7, 11) is -4.46. The Bertz CT molecular complexity index is 439. The molecule has 0 fully saturated rings. The first-order valence-corrected chi connectivity index (χ1v) is 4.67. The largest absolute Gasteiger partial charge is 0.478 e. The minimum Gasteiger partial charge on any atom is -0.478 e. The molecule has 1 aromatic carbocycles. The molecule has 1 atom stereocenters. The van der Waals surface area contributed by atoms with E-state index in [1.807, 2.05) is 0 Å². The first-order valence-electron chi connectivity index (χ1n) is 3.23. The molecule has 0 saturated carbocycles. The summed E-state index contributed by atoms with van der Waals surface area (Å²) in [4.78, 5) is 9.90. The van der Waals surface area contributed by atoms with Crippen molar-refractivity contribution in [1.29, 1.82) is 0 Å². The van der Waals surface area contributed by atoms with Crippen LogP contribution in [0.2, 0.25) is 0 Å². The predicted octanol–water partition coefficient (Wildman–Crippen LogP) is 0.690. The van der Waals surface area contributed by atoms with Gasteiger partial charge in [-0.1, -0.05) is 12.1 Å². The lowest BCUT2D eigenvalue weighted by Crippen LogP contribution is -2.07. The molecule has 0 aliphatic heterocycles. The summed E-state index contributed by atoms with van der Waals surface area (Å²) >= 11 is 0. The van der Waals surface area contributed by atoms with Gasteiger partial charge in [0.15, 0.2) is 0 Å². The average molecular weight is 236 g/mol. The van der Waals surface area contributed by atoms with Gasteiger partial charge in [0.2, 0.25) is 0 Å². The van der Waals surface area contributed by atoms with Crippen LogP contribution in [-0.4, -0.2) is 24.0 Å². The Morgan fingerprint density at radius 3 is 2.07 bits per heavy atom. The molecule has 1 unspecified atom stereocenters. The molecule has 0 saturated heterocycles. The van der Waals surface area contributed by atoms with Crippen LogP contribution in [0.15, 0.2) is 29.2 Å². The Hall–Kier alpha value is -0.970. The van der Waals surface area contributed by atoms with Crippen LogP contribution in [0.5, 0.6) is 0 Å². The Kier molecular flexibility index (Phi) is 4.19. The highest BCUT2D eigenvalue weighted by molar-refractivity contribution is 7.86. The fourth-order valence-electron chi connectivity index (χ4n) is 0.868. The number of hydrogen-bond acceptors (Lipinski definition) is 3. The molecule has 0 aliphatic carbocycles. The molecular formula is C7H9O5PS. The van der Waals surface area contributed by atoms with E-state index in [-0.39, 0.29) is 9.90 Å². The Morgan fingerprint density at radius 1 is 1.21 bits per heavy atom. The van der Waals surface area contributed by atoms with Gasteiger partial charge in [-0.2, -0.15) is 18.3 Å². The van der Waals surface area contributed by atoms with Crippen LogP contribution in [0.3, 0.4) is 0 Å². The molecular weight excluding hydrogens is 227 g/mol. The van der Waals surface area contributed by atoms with Crippen molar-refractivity contribution in [3.05, 3.63) is 29.8 Å². The van der Waals surface area contributed by atoms with Crippen molar-refractivity contribution in [3.63, 3.8) is 0 Å². The zero-order valence-corrected chi connectivity index (χ0v) is 9.27. The molecule has 0 aliphatic rings. The van der Waals surface area contributed by atoms with Crippen molar-refractivity contribution in [1.82, 2.24) is 0 Å². The van der Waals surface area contributed by atoms with Gasteiger partial charge < -0.3 is 5.11 Å². The minimum atomic E-state index is -4.46. The van der Waals surface area contributed by atoms with E-state index in [0.29, 0.717) is 0 Å².